The van der Waals surface area contributed by atoms with Crippen molar-refractivity contribution in [2.45, 2.75) is 18.9 Å². The lowest BCUT2D eigenvalue weighted by Crippen LogP contribution is -2.25. The summed E-state index contributed by atoms with van der Waals surface area (Å²) in [6.45, 7) is 1.47. The molecule has 0 aliphatic carbocycles. The van der Waals surface area contributed by atoms with Gasteiger partial charge < -0.3 is 14.8 Å². The van der Waals surface area contributed by atoms with E-state index in [0.29, 0.717) is 17.9 Å². The number of hydrogen-bond donors (Lipinski definition) is 1. The minimum atomic E-state index is -0.221. The molecule has 4 heteroatoms. The highest BCUT2D eigenvalue weighted by Gasteiger charge is 2.18. The van der Waals surface area contributed by atoms with Gasteiger partial charge >= 0.3 is 0 Å². The normalized spacial score (nSPS) is 17.7. The summed E-state index contributed by atoms with van der Waals surface area (Å²) >= 11 is 0. The molecule has 1 aliphatic heterocycles. The monoisotopic (exact) mass is 259 g/mol. The topological polar surface area (TPSA) is 47.6 Å². The lowest BCUT2D eigenvalue weighted by molar-refractivity contribution is 0.0671. The van der Waals surface area contributed by atoms with Crippen LogP contribution in [0.2, 0.25) is 0 Å². The fraction of sp³-hybridized carbons (Fsp3) is 0.400. The standard InChI is InChI=1S/C15H17NO3/c1-2-9-16-15(17)13-7-3-4-8-14(13)19-11-12-6-5-10-18-12/h1,3-4,7-8,12H,5-6,9-11H2,(H,16,17)/t12-/m1/s1. The van der Waals surface area contributed by atoms with Crippen LogP contribution in [0, 0.1) is 12.3 Å². The number of ether oxygens (including phenoxy) is 2. The molecule has 100 valence electrons. The van der Waals surface area contributed by atoms with Crippen molar-refractivity contribution in [3.05, 3.63) is 29.8 Å². The molecule has 1 N–H and O–H groups in total. The second kappa shape index (κ2) is 6.81. The Kier molecular flexibility index (Phi) is 4.82. The van der Waals surface area contributed by atoms with E-state index in [1.807, 2.05) is 6.07 Å². The number of terminal acetylenes is 1. The Morgan fingerprint density at radius 3 is 3.11 bits per heavy atom. The molecule has 1 aromatic rings. The number of hydrogen-bond acceptors (Lipinski definition) is 3. The zero-order valence-corrected chi connectivity index (χ0v) is 10.7. The minimum absolute atomic E-state index is 0.127. The van der Waals surface area contributed by atoms with Crippen molar-refractivity contribution in [2.75, 3.05) is 19.8 Å². The van der Waals surface area contributed by atoms with Crippen LogP contribution in [0.25, 0.3) is 0 Å². The lowest BCUT2D eigenvalue weighted by Gasteiger charge is -2.14. The molecule has 1 heterocycles. The first-order valence-corrected chi connectivity index (χ1v) is 6.36. The van der Waals surface area contributed by atoms with E-state index in [1.165, 1.54) is 0 Å². The lowest BCUT2D eigenvalue weighted by atomic mass is 10.2. The predicted molar refractivity (Wildman–Crippen MR) is 72.1 cm³/mol. The minimum Gasteiger partial charge on any atom is -0.490 e. The van der Waals surface area contributed by atoms with E-state index in [1.54, 1.807) is 18.2 Å². The summed E-state index contributed by atoms with van der Waals surface area (Å²) in [5, 5.41) is 2.63. The molecule has 1 fully saturated rings. The second-order valence-corrected chi connectivity index (χ2v) is 4.33. The molecule has 0 radical (unpaired) electrons. The smallest absolute Gasteiger partial charge is 0.255 e. The fourth-order valence-corrected chi connectivity index (χ4v) is 1.97. The average Bonchev–Trinajstić information content (AvgIpc) is 2.96. The van der Waals surface area contributed by atoms with E-state index >= 15 is 0 Å². The van der Waals surface area contributed by atoms with Crippen molar-refractivity contribution >= 4 is 5.91 Å². The third kappa shape index (κ3) is 3.73. The van der Waals surface area contributed by atoms with Gasteiger partial charge in [0.2, 0.25) is 0 Å². The van der Waals surface area contributed by atoms with Crippen LogP contribution in [0.1, 0.15) is 23.2 Å². The van der Waals surface area contributed by atoms with Crippen molar-refractivity contribution in [3.8, 4) is 18.1 Å². The van der Waals surface area contributed by atoms with Crippen LogP contribution in [-0.4, -0.2) is 31.8 Å². The first-order chi connectivity index (χ1) is 9.31. The Morgan fingerprint density at radius 2 is 2.37 bits per heavy atom. The van der Waals surface area contributed by atoms with Crippen molar-refractivity contribution in [2.24, 2.45) is 0 Å². The van der Waals surface area contributed by atoms with Gasteiger partial charge in [0, 0.05) is 6.61 Å². The maximum atomic E-state index is 11.9. The van der Waals surface area contributed by atoms with Crippen LogP contribution in [-0.2, 0) is 4.74 Å². The highest BCUT2D eigenvalue weighted by Crippen LogP contribution is 2.20. The van der Waals surface area contributed by atoms with Crippen LogP contribution < -0.4 is 10.1 Å². The summed E-state index contributed by atoms with van der Waals surface area (Å²) in [6, 6.07) is 7.13. The number of benzene rings is 1. The highest BCUT2D eigenvalue weighted by atomic mass is 16.5. The summed E-state index contributed by atoms with van der Waals surface area (Å²) in [7, 11) is 0. The molecule has 1 aromatic carbocycles. The van der Waals surface area contributed by atoms with Gasteiger partial charge in [-0.1, -0.05) is 18.1 Å². The zero-order valence-electron chi connectivity index (χ0n) is 10.7. The van der Waals surface area contributed by atoms with Gasteiger partial charge in [-0.2, -0.15) is 0 Å². The molecular weight excluding hydrogens is 242 g/mol. The summed E-state index contributed by atoms with van der Waals surface area (Å²) in [4.78, 5) is 11.9. The van der Waals surface area contributed by atoms with Gasteiger partial charge in [0.05, 0.1) is 18.2 Å². The molecule has 0 unspecified atom stereocenters. The van der Waals surface area contributed by atoms with E-state index in [2.05, 4.69) is 11.2 Å². The van der Waals surface area contributed by atoms with Crippen molar-refractivity contribution in [3.63, 3.8) is 0 Å². The molecule has 0 bridgehead atoms. The van der Waals surface area contributed by atoms with E-state index in [0.717, 1.165) is 19.4 Å². The Hall–Kier alpha value is -1.99. The molecule has 1 amide bonds. The number of carbonyl (C=O) groups excluding carboxylic acids is 1. The van der Waals surface area contributed by atoms with Gasteiger partial charge in [0.1, 0.15) is 12.4 Å². The molecule has 4 nitrogen and oxygen atoms in total. The Bertz CT molecular complexity index is 473. The summed E-state index contributed by atoms with van der Waals surface area (Å²) < 4.78 is 11.2. The van der Waals surface area contributed by atoms with Crippen LogP contribution in [0.5, 0.6) is 5.75 Å². The number of nitrogens with one attached hydrogen (secondary N) is 1. The van der Waals surface area contributed by atoms with E-state index < -0.39 is 0 Å². The van der Waals surface area contributed by atoms with Crippen molar-refractivity contribution in [1.82, 2.24) is 5.32 Å². The van der Waals surface area contributed by atoms with Gasteiger partial charge in [0.25, 0.3) is 5.91 Å². The predicted octanol–water partition coefficient (Wildman–Crippen LogP) is 1.61. The van der Waals surface area contributed by atoms with Crippen LogP contribution in [0.4, 0.5) is 0 Å². The maximum Gasteiger partial charge on any atom is 0.255 e. The van der Waals surface area contributed by atoms with Gasteiger partial charge in [0.15, 0.2) is 0 Å². The number of rotatable bonds is 5. The first kappa shape index (κ1) is 13.4. The molecule has 0 saturated carbocycles. The quantitative estimate of drug-likeness (QED) is 0.817. The number of carbonyl (C=O) groups is 1. The Morgan fingerprint density at radius 1 is 1.53 bits per heavy atom. The number of amides is 1. The average molecular weight is 259 g/mol. The van der Waals surface area contributed by atoms with Crippen molar-refractivity contribution in [1.29, 1.82) is 0 Å². The first-order valence-electron chi connectivity index (χ1n) is 6.36. The SMILES string of the molecule is C#CCNC(=O)c1ccccc1OC[C@H]1CCCO1. The van der Waals surface area contributed by atoms with E-state index in [4.69, 9.17) is 15.9 Å². The van der Waals surface area contributed by atoms with Crippen molar-refractivity contribution < 1.29 is 14.3 Å². The van der Waals surface area contributed by atoms with E-state index in [9.17, 15) is 4.79 Å². The van der Waals surface area contributed by atoms with Gasteiger partial charge in [-0.05, 0) is 25.0 Å². The molecular formula is C15H17NO3. The molecule has 0 aromatic heterocycles. The number of para-hydroxylation sites is 1. The molecule has 0 spiro atoms. The molecule has 1 aliphatic rings. The third-order valence-corrected chi connectivity index (χ3v) is 2.93. The van der Waals surface area contributed by atoms with Gasteiger partial charge in [-0.25, -0.2) is 0 Å². The largest absolute Gasteiger partial charge is 0.490 e. The Labute approximate surface area is 113 Å². The zero-order chi connectivity index (χ0) is 13.5. The maximum absolute atomic E-state index is 11.9. The van der Waals surface area contributed by atoms with Gasteiger partial charge in [-0.3, -0.25) is 4.79 Å². The Balaban J connectivity index is 1.99. The van der Waals surface area contributed by atoms with Crippen LogP contribution in [0.3, 0.4) is 0 Å². The van der Waals surface area contributed by atoms with Gasteiger partial charge in [-0.15, -0.1) is 6.42 Å². The van der Waals surface area contributed by atoms with Crippen LogP contribution in [0.15, 0.2) is 24.3 Å². The summed E-state index contributed by atoms with van der Waals surface area (Å²) in [5.41, 5.74) is 0.496. The summed E-state index contributed by atoms with van der Waals surface area (Å²) in [5.74, 6) is 2.71. The highest BCUT2D eigenvalue weighted by molar-refractivity contribution is 5.97. The molecule has 2 rings (SSSR count). The van der Waals surface area contributed by atoms with Crippen LogP contribution >= 0.6 is 0 Å². The third-order valence-electron chi connectivity index (χ3n) is 2.93. The second-order valence-electron chi connectivity index (χ2n) is 4.33. The van der Waals surface area contributed by atoms with E-state index in [-0.39, 0.29) is 18.6 Å². The summed E-state index contributed by atoms with van der Waals surface area (Å²) in [6.07, 6.45) is 7.32. The fourth-order valence-electron chi connectivity index (χ4n) is 1.97. The molecule has 1 saturated heterocycles. The molecule has 19 heavy (non-hydrogen) atoms. The molecule has 1 atom stereocenters.